The second kappa shape index (κ2) is 18.0. The van der Waals surface area contributed by atoms with Crippen LogP contribution in [0.25, 0.3) is 0 Å². The maximum absolute atomic E-state index is 8.63. The standard InChI is InChI=1S/Mo.4H3N.HO3P.4O/c;;;;;1-4(2)3;;;;/h;4*1H3;(H,1,2,3);;;;/q;;;;;;;;2*-1/p+3. The molecule has 0 aromatic carbocycles. The molecular formula is H16MoN4O7P+. The first-order valence-corrected chi connectivity index (χ1v) is 5.59. The molecule has 0 aliphatic rings. The fourth-order valence-electron chi connectivity index (χ4n) is 0. The van der Waals surface area contributed by atoms with Crippen LogP contribution in [0.2, 0.25) is 0 Å². The molecule has 0 saturated carbocycles. The first-order chi connectivity index (χ1) is 3.73. The monoisotopic (exact) mass is 313 g/mol. The number of rotatable bonds is 0. The van der Waals surface area contributed by atoms with Crippen LogP contribution in [0.3, 0.4) is 0 Å². The summed E-state index contributed by atoms with van der Waals surface area (Å²) in [5.41, 5.74) is 0. The summed E-state index contributed by atoms with van der Waals surface area (Å²) in [4.78, 5) is 17.0. The van der Waals surface area contributed by atoms with E-state index in [1.165, 1.54) is 0 Å². The van der Waals surface area contributed by atoms with Gasteiger partial charge in [-0.1, -0.05) is 4.57 Å². The van der Waals surface area contributed by atoms with Gasteiger partial charge >= 0.3 is 31.1 Å². The minimum atomic E-state index is -6.02. The van der Waals surface area contributed by atoms with Crippen LogP contribution in [-0.2, 0) is 28.1 Å². The van der Waals surface area contributed by atoms with Gasteiger partial charge in [0.1, 0.15) is 0 Å². The van der Waals surface area contributed by atoms with Gasteiger partial charge in [0.05, 0.1) is 0 Å². The van der Waals surface area contributed by atoms with E-state index in [4.69, 9.17) is 28.7 Å². The first-order valence-electron chi connectivity index (χ1n) is 1.21. The van der Waals surface area contributed by atoms with Gasteiger partial charge in [-0.15, -0.1) is 0 Å². The summed E-state index contributed by atoms with van der Waals surface area (Å²) >= 11 is -6.02. The molecule has 0 aromatic heterocycles. The normalized spacial score (nSPS) is 6.46. The molecule has 13 heteroatoms. The molecule has 11 nitrogen and oxygen atoms in total. The molecule has 0 atom stereocenters. The Bertz CT molecular complexity index is 163. The number of hydrogen-bond acceptors (Lipinski definition) is 7. The van der Waals surface area contributed by atoms with Crippen molar-refractivity contribution < 1.29 is 45.4 Å². The molecule has 0 aromatic rings. The Morgan fingerprint density at radius 1 is 0.846 bits per heavy atom. The molecule has 0 amide bonds. The summed E-state index contributed by atoms with van der Waals surface area (Å²) in [5.74, 6) is 0. The molecule has 0 fully saturated rings. The third-order valence-electron chi connectivity index (χ3n) is 0. The summed E-state index contributed by atoms with van der Waals surface area (Å²) in [6.45, 7) is 0. The average Bonchev–Trinajstić information content (AvgIpc) is 1.19. The van der Waals surface area contributed by atoms with Crippen LogP contribution in [0.5, 0.6) is 0 Å². The Balaban J connectivity index is -0.0000000146. The third-order valence-corrected chi connectivity index (χ3v) is 0. The van der Waals surface area contributed by atoms with Gasteiger partial charge in [0, 0.05) is 0 Å². The van der Waals surface area contributed by atoms with E-state index in [-0.39, 0.29) is 24.6 Å². The van der Waals surface area contributed by atoms with Gasteiger partial charge in [0.15, 0.2) is 0 Å². The SMILES string of the molecule is O=[P+]([O-])[O-].[NH4+].[NH4+].[NH4+].[NH4+].[O]=[Mo](=[O])([O-])[O-]. The molecule has 13 heavy (non-hydrogen) atoms. The summed E-state index contributed by atoms with van der Waals surface area (Å²) in [6.07, 6.45) is 0. The molecule has 0 spiro atoms. The van der Waals surface area contributed by atoms with Gasteiger partial charge in [0.2, 0.25) is 0 Å². The van der Waals surface area contributed by atoms with E-state index in [1.807, 2.05) is 0 Å². The average molecular weight is 311 g/mol. The van der Waals surface area contributed by atoms with Gasteiger partial charge in [-0.3, -0.25) is 0 Å². The summed E-state index contributed by atoms with van der Waals surface area (Å²) < 4.78 is 43.0. The number of quaternary nitrogens is 4. The molecule has 16 N–H and O–H groups in total. The minimum absolute atomic E-state index is 0. The van der Waals surface area contributed by atoms with E-state index in [0.717, 1.165) is 0 Å². The van der Waals surface area contributed by atoms with Crippen molar-refractivity contribution in [2.24, 2.45) is 0 Å². The number of hydrogen-bond donors (Lipinski definition) is 4. The van der Waals surface area contributed by atoms with E-state index in [2.05, 4.69) is 0 Å². The van der Waals surface area contributed by atoms with Crippen molar-refractivity contribution in [2.45, 2.75) is 0 Å². The van der Waals surface area contributed by atoms with Crippen molar-refractivity contribution in [1.29, 1.82) is 0 Å². The van der Waals surface area contributed by atoms with Gasteiger partial charge in [-0.05, 0) is 0 Å². The van der Waals surface area contributed by atoms with Crippen LogP contribution in [0, 0.1) is 0 Å². The summed E-state index contributed by atoms with van der Waals surface area (Å²) in [6, 6.07) is 0. The van der Waals surface area contributed by atoms with Crippen LogP contribution < -0.4 is 41.9 Å². The van der Waals surface area contributed by atoms with E-state index in [9.17, 15) is 0 Å². The molecule has 0 aliphatic carbocycles. The van der Waals surface area contributed by atoms with Crippen molar-refractivity contribution in [3.8, 4) is 0 Å². The zero-order chi connectivity index (χ0) is 8.08. The van der Waals surface area contributed by atoms with Crippen molar-refractivity contribution in [2.75, 3.05) is 0 Å². The Labute approximate surface area is 78.8 Å². The van der Waals surface area contributed by atoms with Crippen LogP contribution in [0.1, 0.15) is 0 Å². The Hall–Kier alpha value is 0.0683. The molecule has 0 radical (unpaired) electrons. The Morgan fingerprint density at radius 3 is 0.846 bits per heavy atom. The fraction of sp³-hybridized carbons (Fsp3) is 0. The molecule has 0 heterocycles. The maximum atomic E-state index is 8.63. The molecule has 88 valence electrons. The second-order valence-corrected chi connectivity index (χ2v) is 3.09. The van der Waals surface area contributed by atoms with E-state index >= 15 is 0 Å². The zero-order valence-corrected chi connectivity index (χ0v) is 10.6. The van der Waals surface area contributed by atoms with Crippen molar-refractivity contribution in [3.63, 3.8) is 0 Å². The molecular weight excluding hydrogens is 295 g/mol. The molecule has 0 rings (SSSR count). The molecule has 0 saturated heterocycles. The predicted molar refractivity (Wildman–Crippen MR) is 32.9 cm³/mol. The molecule has 0 aliphatic heterocycles. The van der Waals surface area contributed by atoms with E-state index < -0.39 is 25.0 Å². The van der Waals surface area contributed by atoms with Gasteiger partial charge in [-0.25, -0.2) is 0 Å². The van der Waals surface area contributed by atoms with Crippen LogP contribution in [-0.4, -0.2) is 0 Å². The molecule has 0 bridgehead atoms. The van der Waals surface area contributed by atoms with Gasteiger partial charge < -0.3 is 34.4 Å². The van der Waals surface area contributed by atoms with Gasteiger partial charge in [0.25, 0.3) is 8.25 Å². The predicted octanol–water partition coefficient (Wildman–Crippen LogP) is -2.75. The quantitative estimate of drug-likeness (QED) is 0.269. The second-order valence-electron chi connectivity index (χ2n) is 0.632. The zero-order valence-electron chi connectivity index (χ0n) is 7.71. The van der Waals surface area contributed by atoms with Crippen LogP contribution in [0.15, 0.2) is 0 Å². The summed E-state index contributed by atoms with van der Waals surface area (Å²) in [7, 11) is -3.37. The topological polar surface area (TPSA) is 289 Å². The van der Waals surface area contributed by atoms with E-state index in [0.29, 0.717) is 0 Å². The van der Waals surface area contributed by atoms with Gasteiger partial charge in [-0.2, -0.15) is 0 Å². The third kappa shape index (κ3) is 262000. The first kappa shape index (κ1) is 38.1. The van der Waals surface area contributed by atoms with Crippen molar-refractivity contribution >= 4 is 8.25 Å². The fourth-order valence-corrected chi connectivity index (χ4v) is 0. The van der Waals surface area contributed by atoms with Crippen LogP contribution in [0.4, 0.5) is 0 Å². The Kier molecular flexibility index (Phi) is 52.7. The Morgan fingerprint density at radius 2 is 0.846 bits per heavy atom. The summed E-state index contributed by atoms with van der Waals surface area (Å²) in [5, 5.41) is 0. The van der Waals surface area contributed by atoms with Crippen LogP contribution >= 0.6 is 8.25 Å². The van der Waals surface area contributed by atoms with E-state index in [1.54, 1.807) is 0 Å². The molecule has 0 unspecified atom stereocenters. The van der Waals surface area contributed by atoms with Crippen molar-refractivity contribution in [3.05, 3.63) is 0 Å². The van der Waals surface area contributed by atoms with Crippen molar-refractivity contribution in [1.82, 2.24) is 24.6 Å².